The lowest BCUT2D eigenvalue weighted by molar-refractivity contribution is 0.0649. The first-order chi connectivity index (χ1) is 5.16. The van der Waals surface area contributed by atoms with Crippen LogP contribution in [-0.2, 0) is 4.74 Å². The zero-order valence-corrected chi connectivity index (χ0v) is 9.23. The van der Waals surface area contributed by atoms with Crippen LogP contribution < -0.4 is 0 Å². The second kappa shape index (κ2) is 7.07. The maximum Gasteiger partial charge on any atom is 0.0596 e. The lowest BCUT2D eigenvalue weighted by Gasteiger charge is -2.15. The highest BCUT2D eigenvalue weighted by atomic mass is 79.9. The fraction of sp³-hybridized carbons (Fsp3) is 1.00. The third kappa shape index (κ3) is 8.30. The first kappa shape index (κ1) is 11.4. The minimum absolute atomic E-state index is 0.354. The molecule has 0 spiro atoms. The highest BCUT2D eigenvalue weighted by Gasteiger charge is 1.97. The number of alkyl halides is 1. The molecule has 0 bridgehead atoms. The third-order valence-electron chi connectivity index (χ3n) is 1.39. The van der Waals surface area contributed by atoms with Crippen molar-refractivity contribution in [3.63, 3.8) is 0 Å². The number of hydrogen-bond donors (Lipinski definition) is 0. The molecule has 11 heavy (non-hydrogen) atoms. The van der Waals surface area contributed by atoms with Crippen LogP contribution in [0.25, 0.3) is 0 Å². The van der Waals surface area contributed by atoms with Gasteiger partial charge in [-0.15, -0.1) is 0 Å². The Balaban J connectivity index is 3.10. The first-order valence-electron chi connectivity index (χ1n) is 4.03. The van der Waals surface area contributed by atoms with E-state index < -0.39 is 0 Å². The summed E-state index contributed by atoms with van der Waals surface area (Å²) in [5.74, 6) is 0. The quantitative estimate of drug-likeness (QED) is 0.637. The van der Waals surface area contributed by atoms with Gasteiger partial charge in [0.25, 0.3) is 0 Å². The van der Waals surface area contributed by atoms with E-state index in [0.29, 0.717) is 6.10 Å². The van der Waals surface area contributed by atoms with E-state index in [-0.39, 0.29) is 0 Å². The van der Waals surface area contributed by atoms with Gasteiger partial charge in [-0.3, -0.25) is 0 Å². The van der Waals surface area contributed by atoms with Crippen LogP contribution in [0.3, 0.4) is 0 Å². The number of hydrogen-bond acceptors (Lipinski definition) is 2. The Hall–Kier alpha value is 0.400. The molecule has 0 atom stereocenters. The van der Waals surface area contributed by atoms with Crippen molar-refractivity contribution in [3.8, 4) is 0 Å². The average Bonchev–Trinajstić information content (AvgIpc) is 1.87. The fourth-order valence-electron chi connectivity index (χ4n) is 0.700. The van der Waals surface area contributed by atoms with Crippen LogP contribution in [0.1, 0.15) is 13.8 Å². The zero-order chi connectivity index (χ0) is 8.69. The standard InChI is InChI=1S/C8H18BrNO/c1-8(2)11-7-6-10(3)5-4-9/h8H,4-7H2,1-3H3. The fourth-order valence-corrected chi connectivity index (χ4v) is 1.31. The van der Waals surface area contributed by atoms with Crippen molar-refractivity contribution in [2.24, 2.45) is 0 Å². The van der Waals surface area contributed by atoms with Crippen molar-refractivity contribution in [1.82, 2.24) is 4.90 Å². The molecular formula is C8H18BrNO. The van der Waals surface area contributed by atoms with Crippen LogP contribution in [-0.4, -0.2) is 43.1 Å². The molecule has 0 aliphatic rings. The van der Waals surface area contributed by atoms with Gasteiger partial charge in [-0.2, -0.15) is 0 Å². The Morgan fingerprint density at radius 3 is 2.45 bits per heavy atom. The molecule has 0 unspecified atom stereocenters. The highest BCUT2D eigenvalue weighted by Crippen LogP contribution is 1.90. The van der Waals surface area contributed by atoms with Gasteiger partial charge in [-0.05, 0) is 20.9 Å². The monoisotopic (exact) mass is 223 g/mol. The molecular weight excluding hydrogens is 206 g/mol. The Morgan fingerprint density at radius 1 is 1.36 bits per heavy atom. The minimum atomic E-state index is 0.354. The number of rotatable bonds is 6. The van der Waals surface area contributed by atoms with Crippen LogP contribution in [0, 0.1) is 0 Å². The molecule has 0 aliphatic heterocycles. The van der Waals surface area contributed by atoms with Crippen molar-refractivity contribution in [3.05, 3.63) is 0 Å². The second-order valence-corrected chi connectivity index (χ2v) is 3.70. The SMILES string of the molecule is CC(C)OCCN(C)CCBr. The Morgan fingerprint density at radius 2 is 2.00 bits per heavy atom. The summed E-state index contributed by atoms with van der Waals surface area (Å²) >= 11 is 3.39. The molecule has 0 heterocycles. The number of nitrogens with zero attached hydrogens (tertiary/aromatic N) is 1. The summed E-state index contributed by atoms with van der Waals surface area (Å²) in [5, 5.41) is 1.03. The number of halogens is 1. The summed E-state index contributed by atoms with van der Waals surface area (Å²) in [4.78, 5) is 2.25. The summed E-state index contributed by atoms with van der Waals surface area (Å²) in [5.41, 5.74) is 0. The summed E-state index contributed by atoms with van der Waals surface area (Å²) in [6.45, 7) is 7.06. The molecule has 0 saturated heterocycles. The molecule has 0 N–H and O–H groups in total. The topological polar surface area (TPSA) is 12.5 Å². The van der Waals surface area contributed by atoms with Gasteiger partial charge in [0.1, 0.15) is 0 Å². The average molecular weight is 224 g/mol. The molecule has 68 valence electrons. The van der Waals surface area contributed by atoms with Crippen LogP contribution in [0.2, 0.25) is 0 Å². The second-order valence-electron chi connectivity index (χ2n) is 2.91. The Kier molecular flexibility index (Phi) is 7.33. The summed E-state index contributed by atoms with van der Waals surface area (Å²) in [7, 11) is 2.10. The molecule has 3 heteroatoms. The van der Waals surface area contributed by atoms with E-state index in [4.69, 9.17) is 4.74 Å². The van der Waals surface area contributed by atoms with E-state index in [1.165, 1.54) is 0 Å². The van der Waals surface area contributed by atoms with Crippen LogP contribution >= 0.6 is 15.9 Å². The molecule has 0 amide bonds. The Labute approximate surface area is 78.0 Å². The molecule has 0 aromatic heterocycles. The minimum Gasteiger partial charge on any atom is -0.377 e. The lowest BCUT2D eigenvalue weighted by atomic mass is 10.5. The van der Waals surface area contributed by atoms with E-state index in [1.54, 1.807) is 0 Å². The largest absolute Gasteiger partial charge is 0.377 e. The van der Waals surface area contributed by atoms with E-state index >= 15 is 0 Å². The van der Waals surface area contributed by atoms with Crippen molar-refractivity contribution in [2.45, 2.75) is 20.0 Å². The molecule has 0 saturated carbocycles. The highest BCUT2D eigenvalue weighted by molar-refractivity contribution is 9.09. The van der Waals surface area contributed by atoms with Gasteiger partial charge in [0.05, 0.1) is 12.7 Å². The van der Waals surface area contributed by atoms with E-state index in [1.807, 2.05) is 0 Å². The normalized spacial score (nSPS) is 11.5. The predicted molar refractivity (Wildman–Crippen MR) is 52.4 cm³/mol. The molecule has 0 aromatic rings. The van der Waals surface area contributed by atoms with Gasteiger partial charge in [0, 0.05) is 18.4 Å². The van der Waals surface area contributed by atoms with Crippen molar-refractivity contribution in [1.29, 1.82) is 0 Å². The number of likely N-dealkylation sites (N-methyl/N-ethyl adjacent to an activating group) is 1. The van der Waals surface area contributed by atoms with Gasteiger partial charge in [0.15, 0.2) is 0 Å². The molecule has 0 radical (unpaired) electrons. The van der Waals surface area contributed by atoms with Crippen molar-refractivity contribution >= 4 is 15.9 Å². The van der Waals surface area contributed by atoms with E-state index in [0.717, 1.165) is 25.0 Å². The van der Waals surface area contributed by atoms with Gasteiger partial charge in [0.2, 0.25) is 0 Å². The zero-order valence-electron chi connectivity index (χ0n) is 7.64. The molecule has 0 aromatic carbocycles. The maximum atomic E-state index is 5.40. The predicted octanol–water partition coefficient (Wildman–Crippen LogP) is 1.74. The summed E-state index contributed by atoms with van der Waals surface area (Å²) < 4.78 is 5.40. The summed E-state index contributed by atoms with van der Waals surface area (Å²) in [6.07, 6.45) is 0.354. The van der Waals surface area contributed by atoms with Crippen LogP contribution in [0.5, 0.6) is 0 Å². The van der Waals surface area contributed by atoms with Gasteiger partial charge in [-0.1, -0.05) is 15.9 Å². The van der Waals surface area contributed by atoms with Gasteiger partial charge in [-0.25, -0.2) is 0 Å². The van der Waals surface area contributed by atoms with E-state index in [9.17, 15) is 0 Å². The summed E-state index contributed by atoms with van der Waals surface area (Å²) in [6, 6.07) is 0. The Bertz CT molecular complexity index is 88.2. The third-order valence-corrected chi connectivity index (χ3v) is 1.75. The van der Waals surface area contributed by atoms with Crippen LogP contribution in [0.15, 0.2) is 0 Å². The van der Waals surface area contributed by atoms with Crippen molar-refractivity contribution < 1.29 is 4.74 Å². The van der Waals surface area contributed by atoms with Crippen LogP contribution in [0.4, 0.5) is 0 Å². The van der Waals surface area contributed by atoms with Gasteiger partial charge < -0.3 is 9.64 Å². The first-order valence-corrected chi connectivity index (χ1v) is 5.15. The molecule has 0 rings (SSSR count). The van der Waals surface area contributed by atoms with Crippen molar-refractivity contribution in [2.75, 3.05) is 32.1 Å². The molecule has 2 nitrogen and oxygen atoms in total. The smallest absolute Gasteiger partial charge is 0.0596 e. The molecule has 0 fully saturated rings. The maximum absolute atomic E-state index is 5.40. The van der Waals surface area contributed by atoms with E-state index in [2.05, 4.69) is 41.7 Å². The lowest BCUT2D eigenvalue weighted by Crippen LogP contribution is -2.25. The number of ether oxygens (including phenoxy) is 1. The molecule has 0 aliphatic carbocycles. The van der Waals surface area contributed by atoms with Gasteiger partial charge >= 0.3 is 0 Å².